The van der Waals surface area contributed by atoms with Crippen LogP contribution in [0.1, 0.15) is 15.9 Å². The third kappa shape index (κ3) is 3.19. The van der Waals surface area contributed by atoms with E-state index in [0.29, 0.717) is 28.4 Å². The molecule has 0 saturated heterocycles. The van der Waals surface area contributed by atoms with Crippen molar-refractivity contribution >= 4 is 23.0 Å². The van der Waals surface area contributed by atoms with E-state index in [9.17, 15) is 4.79 Å². The van der Waals surface area contributed by atoms with E-state index in [1.165, 1.54) is 20.4 Å². The van der Waals surface area contributed by atoms with Crippen molar-refractivity contribution in [3.05, 3.63) is 53.7 Å². The third-order valence-corrected chi connectivity index (χ3v) is 3.94. The van der Waals surface area contributed by atoms with Gasteiger partial charge in [-0.25, -0.2) is 5.43 Å². The van der Waals surface area contributed by atoms with Crippen molar-refractivity contribution in [1.82, 2.24) is 10.4 Å². The molecule has 26 heavy (non-hydrogen) atoms. The monoisotopic (exact) mass is 353 g/mol. The highest BCUT2D eigenvalue weighted by atomic mass is 16.5. The van der Waals surface area contributed by atoms with Crippen LogP contribution < -0.4 is 19.6 Å². The average Bonchev–Trinajstić information content (AvgIpc) is 3.11. The number of para-hydroxylation sites is 1. The summed E-state index contributed by atoms with van der Waals surface area (Å²) in [7, 11) is 4.60. The summed E-state index contributed by atoms with van der Waals surface area (Å²) in [5.41, 5.74) is 4.59. The van der Waals surface area contributed by atoms with Crippen LogP contribution in [-0.4, -0.2) is 38.4 Å². The van der Waals surface area contributed by atoms with E-state index >= 15 is 0 Å². The second-order valence-electron chi connectivity index (χ2n) is 5.37. The molecule has 3 aromatic rings. The minimum Gasteiger partial charge on any atom is -0.493 e. The Morgan fingerprint density at radius 3 is 2.54 bits per heavy atom. The molecule has 2 aromatic carbocycles. The Labute approximate surface area is 150 Å². The molecular weight excluding hydrogens is 334 g/mol. The number of amides is 1. The molecule has 134 valence electrons. The number of methoxy groups -OCH3 is 3. The predicted molar refractivity (Wildman–Crippen MR) is 99.5 cm³/mol. The fourth-order valence-corrected chi connectivity index (χ4v) is 2.71. The summed E-state index contributed by atoms with van der Waals surface area (Å²) in [6.07, 6.45) is 3.15. The first-order chi connectivity index (χ1) is 12.7. The summed E-state index contributed by atoms with van der Waals surface area (Å²) in [5, 5.41) is 4.87. The number of H-pyrrole nitrogens is 1. The Morgan fingerprint density at radius 2 is 1.81 bits per heavy atom. The molecule has 0 aliphatic carbocycles. The number of ether oxygens (including phenoxy) is 3. The summed E-state index contributed by atoms with van der Waals surface area (Å²) in [6, 6.07) is 11.1. The van der Waals surface area contributed by atoms with Gasteiger partial charge in [-0.15, -0.1) is 0 Å². The molecule has 0 saturated carbocycles. The van der Waals surface area contributed by atoms with Gasteiger partial charge in [0.05, 0.1) is 33.1 Å². The fraction of sp³-hybridized carbons (Fsp3) is 0.158. The van der Waals surface area contributed by atoms with Crippen LogP contribution in [0.25, 0.3) is 10.9 Å². The topological polar surface area (TPSA) is 84.9 Å². The molecule has 0 atom stereocenters. The van der Waals surface area contributed by atoms with Gasteiger partial charge in [0.15, 0.2) is 11.5 Å². The van der Waals surface area contributed by atoms with Crippen LogP contribution in [0.4, 0.5) is 0 Å². The Morgan fingerprint density at radius 1 is 1.04 bits per heavy atom. The molecule has 0 radical (unpaired) electrons. The fourth-order valence-electron chi connectivity index (χ4n) is 2.71. The molecule has 3 rings (SSSR count). The van der Waals surface area contributed by atoms with E-state index in [2.05, 4.69) is 15.5 Å². The van der Waals surface area contributed by atoms with Gasteiger partial charge in [-0.2, -0.15) is 5.10 Å². The van der Waals surface area contributed by atoms with Gasteiger partial charge >= 0.3 is 0 Å². The lowest BCUT2D eigenvalue weighted by atomic mass is 10.2. The second kappa shape index (κ2) is 7.60. The molecule has 0 fully saturated rings. The summed E-state index contributed by atoms with van der Waals surface area (Å²) >= 11 is 0. The molecule has 0 aliphatic rings. The Kier molecular flexibility index (Phi) is 5.07. The van der Waals surface area contributed by atoms with Crippen LogP contribution in [0.15, 0.2) is 47.7 Å². The van der Waals surface area contributed by atoms with Crippen molar-refractivity contribution < 1.29 is 19.0 Å². The first-order valence-corrected chi connectivity index (χ1v) is 7.88. The molecular formula is C19H19N3O4. The number of rotatable bonds is 6. The van der Waals surface area contributed by atoms with E-state index in [-0.39, 0.29) is 5.91 Å². The van der Waals surface area contributed by atoms with Gasteiger partial charge in [-0.05, 0) is 18.2 Å². The van der Waals surface area contributed by atoms with Gasteiger partial charge in [-0.3, -0.25) is 4.79 Å². The number of hydrogen-bond donors (Lipinski definition) is 2. The van der Waals surface area contributed by atoms with E-state index in [1.807, 2.05) is 24.3 Å². The highest BCUT2D eigenvalue weighted by molar-refractivity contribution is 6.06. The summed E-state index contributed by atoms with van der Waals surface area (Å²) in [5.74, 6) is 1.17. The number of fused-ring (bicyclic) bond motifs is 1. The summed E-state index contributed by atoms with van der Waals surface area (Å²) in [4.78, 5) is 15.4. The normalized spacial score (nSPS) is 10.9. The maximum atomic E-state index is 12.4. The number of aromatic amines is 1. The van der Waals surface area contributed by atoms with Crippen molar-refractivity contribution in [3.8, 4) is 17.2 Å². The van der Waals surface area contributed by atoms with Crippen LogP contribution in [0, 0.1) is 0 Å². The quantitative estimate of drug-likeness (QED) is 0.527. The molecule has 0 spiro atoms. The van der Waals surface area contributed by atoms with E-state index < -0.39 is 0 Å². The number of aromatic nitrogens is 1. The number of nitrogens with one attached hydrogen (secondary N) is 2. The highest BCUT2D eigenvalue weighted by Gasteiger charge is 2.15. The smallest absolute Gasteiger partial charge is 0.273 e. The van der Waals surface area contributed by atoms with Gasteiger partial charge in [0, 0.05) is 22.7 Å². The third-order valence-electron chi connectivity index (χ3n) is 3.94. The first kappa shape index (κ1) is 17.3. The zero-order valence-corrected chi connectivity index (χ0v) is 14.7. The number of nitrogens with zero attached hydrogens (tertiary/aromatic N) is 1. The first-order valence-electron chi connectivity index (χ1n) is 7.88. The average molecular weight is 353 g/mol. The molecule has 7 nitrogen and oxygen atoms in total. The Balaban J connectivity index is 1.81. The lowest BCUT2D eigenvalue weighted by molar-refractivity contribution is 0.0957. The van der Waals surface area contributed by atoms with Gasteiger partial charge in [0.1, 0.15) is 0 Å². The van der Waals surface area contributed by atoms with Gasteiger partial charge in [-0.1, -0.05) is 18.2 Å². The van der Waals surface area contributed by atoms with Crippen molar-refractivity contribution in [3.63, 3.8) is 0 Å². The van der Waals surface area contributed by atoms with E-state index in [1.54, 1.807) is 25.4 Å². The Hall–Kier alpha value is -3.48. The molecule has 0 aliphatic heterocycles. The second-order valence-corrected chi connectivity index (χ2v) is 5.37. The minimum absolute atomic E-state index is 0.307. The zero-order valence-electron chi connectivity index (χ0n) is 14.7. The van der Waals surface area contributed by atoms with Crippen LogP contribution in [-0.2, 0) is 0 Å². The van der Waals surface area contributed by atoms with Crippen LogP contribution in [0.5, 0.6) is 17.2 Å². The molecule has 7 heteroatoms. The largest absolute Gasteiger partial charge is 0.493 e. The molecule has 1 heterocycles. The number of hydrazone groups is 1. The number of carbonyl (C=O) groups excluding carboxylic acids is 1. The molecule has 2 N–H and O–H groups in total. The predicted octanol–water partition coefficient (Wildman–Crippen LogP) is 2.96. The van der Waals surface area contributed by atoms with Gasteiger partial charge < -0.3 is 19.2 Å². The van der Waals surface area contributed by atoms with Gasteiger partial charge in [0.25, 0.3) is 5.91 Å². The van der Waals surface area contributed by atoms with Crippen LogP contribution in [0.3, 0.4) is 0 Å². The molecule has 0 unspecified atom stereocenters. The standard InChI is InChI=1S/C19H19N3O4/c1-24-16-9-8-12(17(25-2)18(16)26-3)10-21-22-19(23)14-11-20-15-7-5-4-6-13(14)15/h4-11,20H,1-3H3,(H,22,23). The maximum Gasteiger partial charge on any atom is 0.273 e. The van der Waals surface area contributed by atoms with E-state index in [4.69, 9.17) is 14.2 Å². The zero-order chi connectivity index (χ0) is 18.5. The maximum absolute atomic E-state index is 12.4. The molecule has 0 bridgehead atoms. The summed E-state index contributed by atoms with van der Waals surface area (Å²) in [6.45, 7) is 0. The lowest BCUT2D eigenvalue weighted by Gasteiger charge is -2.13. The Bertz CT molecular complexity index is 963. The van der Waals surface area contributed by atoms with Crippen molar-refractivity contribution in [2.24, 2.45) is 5.10 Å². The van der Waals surface area contributed by atoms with Crippen LogP contribution >= 0.6 is 0 Å². The van der Waals surface area contributed by atoms with Gasteiger partial charge in [0.2, 0.25) is 5.75 Å². The lowest BCUT2D eigenvalue weighted by Crippen LogP contribution is -2.17. The van der Waals surface area contributed by atoms with Crippen molar-refractivity contribution in [2.75, 3.05) is 21.3 Å². The highest BCUT2D eigenvalue weighted by Crippen LogP contribution is 2.38. The molecule has 1 aromatic heterocycles. The molecule has 1 amide bonds. The number of carbonyl (C=O) groups is 1. The van der Waals surface area contributed by atoms with E-state index in [0.717, 1.165) is 10.9 Å². The van der Waals surface area contributed by atoms with Crippen molar-refractivity contribution in [2.45, 2.75) is 0 Å². The number of hydrogen-bond acceptors (Lipinski definition) is 5. The SMILES string of the molecule is COc1ccc(C=NNC(=O)c2c[nH]c3ccccc23)c(OC)c1OC. The minimum atomic E-state index is -0.307. The van der Waals surface area contributed by atoms with Crippen molar-refractivity contribution in [1.29, 1.82) is 0 Å². The van der Waals surface area contributed by atoms with Crippen LogP contribution in [0.2, 0.25) is 0 Å². The number of benzene rings is 2. The summed E-state index contributed by atoms with van der Waals surface area (Å²) < 4.78 is 16.0.